The van der Waals surface area contributed by atoms with Crippen molar-refractivity contribution in [1.29, 1.82) is 0 Å². The molecule has 0 aromatic heterocycles. The van der Waals surface area contributed by atoms with Gasteiger partial charge < -0.3 is 0 Å². The van der Waals surface area contributed by atoms with Crippen LogP contribution in [0.2, 0.25) is 0 Å². The maximum atomic E-state index is 3.17. The number of hydrogen-bond acceptors (Lipinski definition) is 0. The highest BCUT2D eigenvalue weighted by Gasteiger charge is 2.02. The molecule has 0 saturated carbocycles. The van der Waals surface area contributed by atoms with Gasteiger partial charge in [0.25, 0.3) is 0 Å². The van der Waals surface area contributed by atoms with Gasteiger partial charge >= 0.3 is 0 Å². The molecule has 26 valence electrons. The lowest BCUT2D eigenvalue weighted by atomic mass is 11.9. The second-order valence-corrected chi connectivity index (χ2v) is 8.95. The molecular weight excluding hydrogens is 228 g/mol. The first-order chi connectivity index (χ1) is 2.00. The summed E-state index contributed by atoms with van der Waals surface area (Å²) in [6, 6.07) is 0. The molecule has 6 radical (unpaired) electrons. The fourth-order valence-electron chi connectivity index (χ4n) is 0. The minimum absolute atomic E-state index is 0.264. The van der Waals surface area contributed by atoms with Crippen molar-refractivity contribution in [3.8, 4) is 0 Å². The molecule has 0 saturated heterocycles. The summed E-state index contributed by atoms with van der Waals surface area (Å²) in [5, 5.41) is 0. The Labute approximate surface area is 54.8 Å². The third-order valence-electron chi connectivity index (χ3n) is 0. The molecule has 0 amide bonds. The van der Waals surface area contributed by atoms with Gasteiger partial charge in [0.05, 0.1) is 20.5 Å². The topological polar surface area (TPSA) is 0 Å². The molecule has 0 aliphatic carbocycles. The van der Waals surface area contributed by atoms with Crippen molar-refractivity contribution in [2.45, 2.75) is 2.48 Å². The first-order valence-corrected chi connectivity index (χ1v) is 3.46. The third-order valence-corrected chi connectivity index (χ3v) is 0. The summed E-state index contributed by atoms with van der Waals surface area (Å²) < 4.78 is -0.264. The van der Waals surface area contributed by atoms with Crippen molar-refractivity contribution < 1.29 is 0 Å². The van der Waals surface area contributed by atoms with Crippen LogP contribution >= 0.6 is 31.9 Å². The fraction of sp³-hybridized carbons (Fsp3) is 1.00. The molecule has 0 rings (SSSR count). The molecule has 0 spiro atoms. The maximum Gasteiger partial charge on any atom is 0.0571 e. The molecule has 0 atom stereocenters. The van der Waals surface area contributed by atoms with Gasteiger partial charge in [0.1, 0.15) is 0 Å². The van der Waals surface area contributed by atoms with E-state index in [0.29, 0.717) is 0 Å². The van der Waals surface area contributed by atoms with Crippen molar-refractivity contribution in [1.82, 2.24) is 0 Å². The first-order valence-electron chi connectivity index (χ1n) is 0.878. The second kappa shape index (κ2) is 1.90. The third kappa shape index (κ3) is 32.0. The Morgan fingerprint density at radius 2 is 1.20 bits per heavy atom. The summed E-state index contributed by atoms with van der Waals surface area (Å²) in [6.45, 7) is 0. The van der Waals surface area contributed by atoms with Crippen molar-refractivity contribution in [3.63, 3.8) is 0 Å². The Bertz CT molecular complexity index is 23.1. The van der Waals surface area contributed by atoms with Crippen LogP contribution in [0.3, 0.4) is 0 Å². The van der Waals surface area contributed by atoms with Crippen LogP contribution in [0, 0.1) is 0 Å². The standard InChI is InChI=1S/CBr2Si2/c2-1(3,4)5. The van der Waals surface area contributed by atoms with Crippen LogP contribution in [0.25, 0.3) is 0 Å². The highest BCUT2D eigenvalue weighted by Crippen LogP contribution is 2.14. The van der Waals surface area contributed by atoms with Crippen LogP contribution in [-0.2, 0) is 0 Å². The van der Waals surface area contributed by atoms with Crippen LogP contribution < -0.4 is 0 Å². The highest BCUT2D eigenvalue weighted by molar-refractivity contribution is 9.26. The summed E-state index contributed by atoms with van der Waals surface area (Å²) >= 11 is 6.24. The average Bonchev–Trinajstić information content (AvgIpc) is 0.722. The van der Waals surface area contributed by atoms with Gasteiger partial charge in [0, 0.05) is 2.48 Å². The van der Waals surface area contributed by atoms with E-state index in [2.05, 4.69) is 52.3 Å². The molecule has 0 aliphatic rings. The summed E-state index contributed by atoms with van der Waals surface area (Å²) in [4.78, 5) is 0. The smallest absolute Gasteiger partial charge is 0.0571 e. The number of halogens is 2. The molecular formula is CBr2Si2. The molecule has 4 heteroatoms. The van der Waals surface area contributed by atoms with E-state index in [1.165, 1.54) is 0 Å². The van der Waals surface area contributed by atoms with Crippen LogP contribution in [-0.4, -0.2) is 23.0 Å². The first kappa shape index (κ1) is 6.39. The van der Waals surface area contributed by atoms with Crippen LogP contribution in [0.15, 0.2) is 0 Å². The van der Waals surface area contributed by atoms with E-state index < -0.39 is 0 Å². The summed E-state index contributed by atoms with van der Waals surface area (Å²) in [7, 11) is 6.33. The van der Waals surface area contributed by atoms with Gasteiger partial charge in [0.15, 0.2) is 0 Å². The quantitative estimate of drug-likeness (QED) is 0.423. The van der Waals surface area contributed by atoms with Gasteiger partial charge in [-0.3, -0.25) is 0 Å². The number of rotatable bonds is 0. The van der Waals surface area contributed by atoms with E-state index in [9.17, 15) is 0 Å². The summed E-state index contributed by atoms with van der Waals surface area (Å²) in [6.07, 6.45) is 0. The largest absolute Gasteiger partial charge is 0.0821 e. The van der Waals surface area contributed by atoms with Gasteiger partial charge in [-0.25, -0.2) is 0 Å². The van der Waals surface area contributed by atoms with E-state index in [1.807, 2.05) is 0 Å². The normalized spacial score (nSPS) is 12.0. The van der Waals surface area contributed by atoms with E-state index in [0.717, 1.165) is 0 Å². The predicted octanol–water partition coefficient (Wildman–Crippen LogP) is 0.724. The summed E-state index contributed by atoms with van der Waals surface area (Å²) in [5.74, 6) is 0. The van der Waals surface area contributed by atoms with Gasteiger partial charge in [-0.2, -0.15) is 0 Å². The van der Waals surface area contributed by atoms with Crippen molar-refractivity contribution in [2.24, 2.45) is 0 Å². The Morgan fingerprint density at radius 3 is 1.20 bits per heavy atom. The Kier molecular flexibility index (Phi) is 2.44. The van der Waals surface area contributed by atoms with Crippen LogP contribution in [0.4, 0.5) is 0 Å². The Morgan fingerprint density at radius 1 is 1.20 bits per heavy atom. The van der Waals surface area contributed by atoms with E-state index in [1.54, 1.807) is 0 Å². The fourth-order valence-corrected chi connectivity index (χ4v) is 0. The SMILES string of the molecule is [Si]C([Si])(Br)Br. The zero-order valence-corrected chi connectivity index (χ0v) is 7.43. The molecule has 0 heterocycles. The Balaban J connectivity index is 3.02. The zero-order chi connectivity index (χ0) is 4.50. The number of alkyl halides is 2. The minimum Gasteiger partial charge on any atom is -0.0821 e. The average molecular weight is 228 g/mol. The monoisotopic (exact) mass is 226 g/mol. The molecule has 0 aliphatic heterocycles. The van der Waals surface area contributed by atoms with E-state index in [4.69, 9.17) is 0 Å². The molecule has 5 heavy (non-hydrogen) atoms. The van der Waals surface area contributed by atoms with Crippen molar-refractivity contribution in [3.05, 3.63) is 0 Å². The van der Waals surface area contributed by atoms with Gasteiger partial charge in [0.2, 0.25) is 0 Å². The van der Waals surface area contributed by atoms with Gasteiger partial charge in [-0.1, -0.05) is 31.9 Å². The maximum absolute atomic E-state index is 3.17. The van der Waals surface area contributed by atoms with Crippen molar-refractivity contribution >= 4 is 52.3 Å². The minimum atomic E-state index is -0.264. The highest BCUT2D eigenvalue weighted by atomic mass is 79.9. The predicted molar refractivity (Wildman–Crippen MR) is 32.1 cm³/mol. The molecule has 0 unspecified atom stereocenters. The molecule has 0 aromatic carbocycles. The van der Waals surface area contributed by atoms with E-state index in [-0.39, 0.29) is 2.48 Å². The van der Waals surface area contributed by atoms with Gasteiger partial charge in [-0.05, 0) is 0 Å². The Hall–Kier alpha value is 1.39. The van der Waals surface area contributed by atoms with Gasteiger partial charge in [-0.15, -0.1) is 0 Å². The molecule has 0 aromatic rings. The zero-order valence-electron chi connectivity index (χ0n) is 2.26. The lowest BCUT2D eigenvalue weighted by Crippen LogP contribution is -2.07. The molecule has 0 fully saturated rings. The summed E-state index contributed by atoms with van der Waals surface area (Å²) in [5.41, 5.74) is 0. The lowest BCUT2D eigenvalue weighted by Gasteiger charge is -1.98. The molecule has 0 nitrogen and oxygen atoms in total. The van der Waals surface area contributed by atoms with Crippen LogP contribution in [0.1, 0.15) is 0 Å². The second-order valence-electron chi connectivity index (χ2n) is 0.574. The lowest BCUT2D eigenvalue weighted by molar-refractivity contribution is 1.92. The van der Waals surface area contributed by atoms with Crippen LogP contribution in [0.5, 0.6) is 0 Å². The van der Waals surface area contributed by atoms with E-state index >= 15 is 0 Å². The van der Waals surface area contributed by atoms with Crippen molar-refractivity contribution in [2.75, 3.05) is 0 Å². The molecule has 0 bridgehead atoms. The molecule has 0 N–H and O–H groups in total. The number of hydrogen-bond donors (Lipinski definition) is 0.